The second-order valence-corrected chi connectivity index (χ2v) is 6.28. The van der Waals surface area contributed by atoms with E-state index in [1.54, 1.807) is 37.3 Å². The van der Waals surface area contributed by atoms with Crippen molar-refractivity contribution in [3.63, 3.8) is 0 Å². The van der Waals surface area contributed by atoms with E-state index in [0.717, 1.165) is 11.0 Å². The van der Waals surface area contributed by atoms with Gasteiger partial charge in [-0.2, -0.15) is 0 Å². The lowest BCUT2D eigenvalue weighted by molar-refractivity contribution is 0.0923. The molecule has 6 nitrogen and oxygen atoms in total. The maximum atomic E-state index is 14.7. The van der Waals surface area contributed by atoms with Gasteiger partial charge in [0.15, 0.2) is 0 Å². The predicted molar refractivity (Wildman–Crippen MR) is 101 cm³/mol. The molecule has 0 spiro atoms. The van der Waals surface area contributed by atoms with Gasteiger partial charge in [-0.3, -0.25) is 19.4 Å². The van der Waals surface area contributed by atoms with Gasteiger partial charge in [-0.05, 0) is 48.9 Å². The molecule has 0 saturated carbocycles. The number of pyridine rings is 1. The number of carbonyl (C=O) groups excluding carboxylic acids is 3. The van der Waals surface area contributed by atoms with Crippen molar-refractivity contribution in [1.82, 2.24) is 4.98 Å². The Bertz CT molecular complexity index is 1130. The Morgan fingerprint density at radius 3 is 2.54 bits per heavy atom. The van der Waals surface area contributed by atoms with Gasteiger partial charge in [-0.15, -0.1) is 0 Å². The highest BCUT2D eigenvalue weighted by atomic mass is 19.1. The van der Waals surface area contributed by atoms with E-state index in [2.05, 4.69) is 10.3 Å². The van der Waals surface area contributed by atoms with Gasteiger partial charge in [-0.25, -0.2) is 9.29 Å². The summed E-state index contributed by atoms with van der Waals surface area (Å²) >= 11 is 0. The lowest BCUT2D eigenvalue weighted by Crippen LogP contribution is -2.30. The first-order valence-corrected chi connectivity index (χ1v) is 8.47. The number of hydrogen-bond donors (Lipinski definition) is 1. The fraction of sp³-hybridized carbons (Fsp3) is 0.0476. The number of anilines is 2. The summed E-state index contributed by atoms with van der Waals surface area (Å²) in [5.41, 5.74) is 1.38. The van der Waals surface area contributed by atoms with Crippen LogP contribution in [0.3, 0.4) is 0 Å². The van der Waals surface area contributed by atoms with E-state index in [9.17, 15) is 18.8 Å². The highest BCUT2D eigenvalue weighted by Gasteiger charge is 2.38. The summed E-state index contributed by atoms with van der Waals surface area (Å²) in [6, 6.07) is 13.6. The molecule has 1 aliphatic heterocycles. The summed E-state index contributed by atoms with van der Waals surface area (Å²) in [6.07, 6.45) is 1.48. The Labute approximate surface area is 159 Å². The average Bonchev–Trinajstić information content (AvgIpc) is 2.94. The summed E-state index contributed by atoms with van der Waals surface area (Å²) in [7, 11) is 0. The van der Waals surface area contributed by atoms with E-state index in [4.69, 9.17) is 0 Å². The first-order chi connectivity index (χ1) is 13.5. The maximum absolute atomic E-state index is 14.7. The number of fused-ring (bicyclic) bond motifs is 1. The van der Waals surface area contributed by atoms with E-state index in [-0.39, 0.29) is 28.2 Å². The van der Waals surface area contributed by atoms with Crippen molar-refractivity contribution in [1.29, 1.82) is 0 Å². The molecular weight excluding hydrogens is 361 g/mol. The molecule has 1 aliphatic rings. The van der Waals surface area contributed by atoms with Crippen LogP contribution in [0.25, 0.3) is 0 Å². The van der Waals surface area contributed by atoms with E-state index in [1.807, 2.05) is 0 Å². The average molecular weight is 375 g/mol. The van der Waals surface area contributed by atoms with Gasteiger partial charge in [0.1, 0.15) is 11.5 Å². The normalized spacial score (nSPS) is 12.9. The predicted octanol–water partition coefficient (Wildman–Crippen LogP) is 3.58. The summed E-state index contributed by atoms with van der Waals surface area (Å²) < 4.78 is 14.7. The van der Waals surface area contributed by atoms with Crippen LogP contribution in [0.1, 0.15) is 36.8 Å². The molecule has 0 unspecified atom stereocenters. The Kier molecular flexibility index (Phi) is 4.19. The van der Waals surface area contributed by atoms with Crippen molar-refractivity contribution in [2.45, 2.75) is 6.92 Å². The molecule has 0 atom stereocenters. The highest BCUT2D eigenvalue weighted by molar-refractivity contribution is 6.35. The van der Waals surface area contributed by atoms with Gasteiger partial charge >= 0.3 is 0 Å². The number of aromatic nitrogens is 1. The summed E-state index contributed by atoms with van der Waals surface area (Å²) in [5, 5.41) is 2.54. The Balaban J connectivity index is 1.63. The van der Waals surface area contributed by atoms with Crippen LogP contribution in [0.15, 0.2) is 60.8 Å². The molecule has 7 heteroatoms. The minimum Gasteiger partial charge on any atom is -0.321 e. The molecule has 0 bridgehead atoms. The van der Waals surface area contributed by atoms with Crippen LogP contribution in [0, 0.1) is 12.7 Å². The first-order valence-electron chi connectivity index (χ1n) is 8.47. The van der Waals surface area contributed by atoms with Gasteiger partial charge in [0.25, 0.3) is 17.7 Å². The molecule has 2 aromatic carbocycles. The fourth-order valence-corrected chi connectivity index (χ4v) is 3.13. The van der Waals surface area contributed by atoms with E-state index in [1.165, 1.54) is 24.4 Å². The molecule has 3 amide bonds. The molecule has 0 fully saturated rings. The van der Waals surface area contributed by atoms with Crippen LogP contribution in [0.4, 0.5) is 15.8 Å². The van der Waals surface area contributed by atoms with Crippen molar-refractivity contribution >= 4 is 29.1 Å². The molecule has 0 saturated heterocycles. The van der Waals surface area contributed by atoms with Crippen LogP contribution >= 0.6 is 0 Å². The lowest BCUT2D eigenvalue weighted by atomic mass is 10.0. The van der Waals surface area contributed by atoms with Crippen LogP contribution in [0.5, 0.6) is 0 Å². The van der Waals surface area contributed by atoms with E-state index < -0.39 is 23.5 Å². The van der Waals surface area contributed by atoms with Gasteiger partial charge in [0.05, 0.1) is 16.8 Å². The lowest BCUT2D eigenvalue weighted by Gasteiger charge is -2.16. The first kappa shape index (κ1) is 17.5. The highest BCUT2D eigenvalue weighted by Crippen LogP contribution is 2.32. The minimum atomic E-state index is -0.800. The Hall–Kier alpha value is -3.87. The summed E-state index contributed by atoms with van der Waals surface area (Å²) in [6.45, 7) is 1.72. The quantitative estimate of drug-likeness (QED) is 0.710. The Morgan fingerprint density at radius 1 is 1.04 bits per heavy atom. The monoisotopic (exact) mass is 375 g/mol. The molecule has 3 aromatic rings. The van der Waals surface area contributed by atoms with E-state index >= 15 is 0 Å². The number of carbonyl (C=O) groups is 3. The third-order valence-electron chi connectivity index (χ3n) is 4.47. The van der Waals surface area contributed by atoms with Crippen molar-refractivity contribution in [2.24, 2.45) is 0 Å². The molecule has 4 rings (SSSR count). The second-order valence-electron chi connectivity index (χ2n) is 6.28. The topological polar surface area (TPSA) is 79.4 Å². The SMILES string of the molecule is Cc1cccc2c1C(=O)N(c1ccc(NC(=O)c3ccccn3)cc1F)C2=O. The third-order valence-corrected chi connectivity index (χ3v) is 4.47. The maximum Gasteiger partial charge on any atom is 0.274 e. The molecular formula is C21H14FN3O3. The van der Waals surface area contributed by atoms with E-state index in [0.29, 0.717) is 5.56 Å². The number of aryl methyl sites for hydroxylation is 1. The smallest absolute Gasteiger partial charge is 0.274 e. The van der Waals surface area contributed by atoms with Gasteiger partial charge < -0.3 is 5.32 Å². The molecule has 138 valence electrons. The molecule has 2 heterocycles. The van der Waals surface area contributed by atoms with Crippen molar-refractivity contribution in [3.05, 3.63) is 89.0 Å². The largest absolute Gasteiger partial charge is 0.321 e. The molecule has 1 aromatic heterocycles. The third kappa shape index (κ3) is 2.83. The number of imide groups is 1. The number of rotatable bonds is 3. The number of amides is 3. The molecule has 0 radical (unpaired) electrons. The minimum absolute atomic E-state index is 0.165. The second kappa shape index (κ2) is 6.70. The van der Waals surface area contributed by atoms with Crippen molar-refractivity contribution in [2.75, 3.05) is 10.2 Å². The number of benzene rings is 2. The van der Waals surface area contributed by atoms with Crippen molar-refractivity contribution < 1.29 is 18.8 Å². The zero-order valence-electron chi connectivity index (χ0n) is 14.8. The van der Waals surface area contributed by atoms with Gasteiger partial charge in [0, 0.05) is 11.9 Å². The number of nitrogens with zero attached hydrogens (tertiary/aromatic N) is 2. The zero-order chi connectivity index (χ0) is 19.8. The fourth-order valence-electron chi connectivity index (χ4n) is 3.13. The van der Waals surface area contributed by atoms with Crippen LogP contribution < -0.4 is 10.2 Å². The summed E-state index contributed by atoms with van der Waals surface area (Å²) in [5.74, 6) is -2.44. The van der Waals surface area contributed by atoms with Crippen LogP contribution in [-0.4, -0.2) is 22.7 Å². The molecule has 1 N–H and O–H groups in total. The van der Waals surface area contributed by atoms with Gasteiger partial charge in [-0.1, -0.05) is 18.2 Å². The number of halogens is 1. The summed E-state index contributed by atoms with van der Waals surface area (Å²) in [4.78, 5) is 42.2. The Morgan fingerprint density at radius 2 is 1.86 bits per heavy atom. The molecule has 28 heavy (non-hydrogen) atoms. The zero-order valence-corrected chi connectivity index (χ0v) is 14.8. The van der Waals surface area contributed by atoms with Crippen LogP contribution in [-0.2, 0) is 0 Å². The van der Waals surface area contributed by atoms with Gasteiger partial charge in [0.2, 0.25) is 0 Å². The van der Waals surface area contributed by atoms with Crippen molar-refractivity contribution in [3.8, 4) is 0 Å². The number of nitrogens with one attached hydrogen (secondary N) is 1. The number of hydrogen-bond acceptors (Lipinski definition) is 4. The van der Waals surface area contributed by atoms with Crippen LogP contribution in [0.2, 0.25) is 0 Å². The molecule has 0 aliphatic carbocycles. The standard InChI is InChI=1S/C21H14FN3O3/c1-12-5-4-6-14-18(12)21(28)25(20(14)27)17-9-8-13(11-15(17)22)24-19(26)16-7-2-3-10-23-16/h2-11H,1H3,(H,24,26).